The smallest absolute Gasteiger partial charge is 0.256 e. The van der Waals surface area contributed by atoms with Gasteiger partial charge in [0.1, 0.15) is 5.82 Å². The second-order valence-corrected chi connectivity index (χ2v) is 4.67. The Bertz CT molecular complexity index is 519. The van der Waals surface area contributed by atoms with E-state index in [9.17, 15) is 14.0 Å². The van der Waals surface area contributed by atoms with Crippen LogP contribution in [0.5, 0.6) is 0 Å². The number of benzene rings is 1. The number of hydrogen-bond donors (Lipinski definition) is 2. The molecule has 0 saturated carbocycles. The van der Waals surface area contributed by atoms with Crippen LogP contribution in [0.1, 0.15) is 23.7 Å². The molecule has 1 aromatic carbocycles. The number of nitrogens with one attached hydrogen (secondary N) is 1. The van der Waals surface area contributed by atoms with E-state index in [4.69, 9.17) is 5.73 Å². The second kappa shape index (κ2) is 5.26. The molecule has 2 amide bonds. The maximum absolute atomic E-state index is 13.2. The molecule has 0 aliphatic carbocycles. The van der Waals surface area contributed by atoms with Crippen LogP contribution in [0.2, 0.25) is 0 Å². The number of likely N-dealkylation sites (tertiary alicyclic amines) is 1. The molecule has 102 valence electrons. The summed E-state index contributed by atoms with van der Waals surface area (Å²) < 4.78 is 13.2. The van der Waals surface area contributed by atoms with E-state index in [1.54, 1.807) is 4.90 Å². The van der Waals surface area contributed by atoms with Crippen LogP contribution in [0.15, 0.2) is 18.2 Å². The van der Waals surface area contributed by atoms with Crippen LogP contribution in [-0.2, 0) is 4.79 Å². The lowest BCUT2D eigenvalue weighted by Crippen LogP contribution is -2.37. The quantitative estimate of drug-likeness (QED) is 0.775. The van der Waals surface area contributed by atoms with Gasteiger partial charge in [-0.2, -0.15) is 0 Å². The highest BCUT2D eigenvalue weighted by atomic mass is 19.1. The van der Waals surface area contributed by atoms with Crippen LogP contribution < -0.4 is 11.1 Å². The van der Waals surface area contributed by atoms with Crippen molar-refractivity contribution in [3.05, 3.63) is 29.6 Å². The van der Waals surface area contributed by atoms with Gasteiger partial charge in [0.05, 0.1) is 5.56 Å². The summed E-state index contributed by atoms with van der Waals surface area (Å²) in [5.41, 5.74) is 6.12. The van der Waals surface area contributed by atoms with Crippen molar-refractivity contribution < 1.29 is 14.0 Å². The molecule has 0 radical (unpaired) electrons. The highest BCUT2D eigenvalue weighted by molar-refractivity contribution is 5.99. The van der Waals surface area contributed by atoms with Crippen LogP contribution >= 0.6 is 0 Å². The van der Waals surface area contributed by atoms with Gasteiger partial charge in [-0.25, -0.2) is 4.39 Å². The first-order valence-electron chi connectivity index (χ1n) is 6.09. The zero-order valence-corrected chi connectivity index (χ0v) is 10.6. The van der Waals surface area contributed by atoms with Crippen molar-refractivity contribution in [1.82, 2.24) is 10.2 Å². The van der Waals surface area contributed by atoms with Gasteiger partial charge in [-0.15, -0.1) is 0 Å². The van der Waals surface area contributed by atoms with Crippen molar-refractivity contribution in [2.45, 2.75) is 19.4 Å². The molecule has 5 nitrogen and oxygen atoms in total. The average molecular weight is 265 g/mol. The average Bonchev–Trinajstić information content (AvgIpc) is 2.79. The largest absolute Gasteiger partial charge is 0.398 e. The Hall–Kier alpha value is -2.11. The molecule has 1 aromatic rings. The van der Waals surface area contributed by atoms with Gasteiger partial charge in [-0.05, 0) is 24.6 Å². The van der Waals surface area contributed by atoms with Gasteiger partial charge in [0.25, 0.3) is 5.91 Å². The molecule has 19 heavy (non-hydrogen) atoms. The Kier molecular flexibility index (Phi) is 3.69. The van der Waals surface area contributed by atoms with Crippen molar-refractivity contribution in [3.63, 3.8) is 0 Å². The standard InChI is InChI=1S/C13H16FN3O2/c1-8(18)16-10-4-5-17(7-10)13(19)11-6-9(14)2-3-12(11)15/h2-3,6,10H,4-5,7,15H2,1H3,(H,16,18). The Morgan fingerprint density at radius 1 is 1.47 bits per heavy atom. The minimum Gasteiger partial charge on any atom is -0.398 e. The van der Waals surface area contributed by atoms with Gasteiger partial charge in [0.15, 0.2) is 0 Å². The van der Waals surface area contributed by atoms with E-state index in [1.165, 1.54) is 19.1 Å². The summed E-state index contributed by atoms with van der Waals surface area (Å²) >= 11 is 0. The molecule has 1 unspecified atom stereocenters. The van der Waals surface area contributed by atoms with E-state index >= 15 is 0 Å². The molecule has 1 saturated heterocycles. The lowest BCUT2D eigenvalue weighted by molar-refractivity contribution is -0.119. The Morgan fingerprint density at radius 3 is 2.89 bits per heavy atom. The molecule has 2 rings (SSSR count). The summed E-state index contributed by atoms with van der Waals surface area (Å²) in [6, 6.07) is 3.69. The fourth-order valence-electron chi connectivity index (χ4n) is 2.23. The Labute approximate surface area is 110 Å². The van der Waals surface area contributed by atoms with Crippen molar-refractivity contribution in [2.75, 3.05) is 18.8 Å². The summed E-state index contributed by atoms with van der Waals surface area (Å²) in [4.78, 5) is 24.8. The van der Waals surface area contributed by atoms with Crippen LogP contribution in [0.3, 0.4) is 0 Å². The van der Waals surface area contributed by atoms with Gasteiger partial charge < -0.3 is 16.0 Å². The Balaban J connectivity index is 2.09. The number of hydrogen-bond acceptors (Lipinski definition) is 3. The van der Waals surface area contributed by atoms with E-state index in [1.807, 2.05) is 0 Å². The van der Waals surface area contributed by atoms with Gasteiger partial charge in [0.2, 0.25) is 5.91 Å². The van der Waals surface area contributed by atoms with Crippen molar-refractivity contribution in [2.24, 2.45) is 0 Å². The number of anilines is 1. The minimum absolute atomic E-state index is 0.0452. The lowest BCUT2D eigenvalue weighted by atomic mass is 10.1. The molecular formula is C13H16FN3O2. The van der Waals surface area contributed by atoms with Crippen LogP contribution in [0.4, 0.5) is 10.1 Å². The summed E-state index contributed by atoms with van der Waals surface area (Å²) in [5, 5.41) is 2.77. The van der Waals surface area contributed by atoms with E-state index in [2.05, 4.69) is 5.32 Å². The number of amides is 2. The van der Waals surface area contributed by atoms with Crippen molar-refractivity contribution >= 4 is 17.5 Å². The maximum atomic E-state index is 13.2. The number of halogens is 1. The van der Waals surface area contributed by atoms with Crippen molar-refractivity contribution in [3.8, 4) is 0 Å². The molecule has 0 aromatic heterocycles. The minimum atomic E-state index is -0.491. The fourth-order valence-corrected chi connectivity index (χ4v) is 2.23. The summed E-state index contributed by atoms with van der Waals surface area (Å²) in [6.07, 6.45) is 0.695. The number of nitrogens with two attached hydrogens (primary N) is 1. The summed E-state index contributed by atoms with van der Waals surface area (Å²) in [7, 11) is 0. The third-order valence-corrected chi connectivity index (χ3v) is 3.13. The lowest BCUT2D eigenvalue weighted by Gasteiger charge is -2.17. The van der Waals surface area contributed by atoms with Crippen LogP contribution in [0, 0.1) is 5.82 Å². The molecule has 1 heterocycles. The molecule has 0 bridgehead atoms. The molecule has 1 aliphatic rings. The molecule has 0 spiro atoms. The maximum Gasteiger partial charge on any atom is 0.256 e. The molecule has 3 N–H and O–H groups in total. The first-order valence-corrected chi connectivity index (χ1v) is 6.09. The molecule has 6 heteroatoms. The third kappa shape index (κ3) is 3.01. The number of rotatable bonds is 2. The normalized spacial score (nSPS) is 18.4. The number of nitrogen functional groups attached to an aromatic ring is 1. The van der Waals surface area contributed by atoms with Crippen LogP contribution in [-0.4, -0.2) is 35.8 Å². The van der Waals surface area contributed by atoms with Gasteiger partial charge in [-0.1, -0.05) is 0 Å². The van der Waals surface area contributed by atoms with E-state index in [0.29, 0.717) is 19.5 Å². The molecule has 1 atom stereocenters. The highest BCUT2D eigenvalue weighted by Crippen LogP contribution is 2.19. The first-order chi connectivity index (χ1) is 8.97. The predicted molar refractivity (Wildman–Crippen MR) is 68.9 cm³/mol. The molecule has 1 fully saturated rings. The number of carbonyl (C=O) groups excluding carboxylic acids is 2. The zero-order chi connectivity index (χ0) is 14.0. The predicted octanol–water partition coefficient (Wildman–Crippen LogP) is 0.759. The highest BCUT2D eigenvalue weighted by Gasteiger charge is 2.28. The van der Waals surface area contributed by atoms with Gasteiger partial charge >= 0.3 is 0 Å². The Morgan fingerprint density at radius 2 is 2.21 bits per heavy atom. The fraction of sp³-hybridized carbons (Fsp3) is 0.385. The molecule has 1 aliphatic heterocycles. The number of carbonyl (C=O) groups is 2. The summed E-state index contributed by atoms with van der Waals surface area (Å²) in [6.45, 7) is 2.39. The van der Waals surface area contributed by atoms with Crippen LogP contribution in [0.25, 0.3) is 0 Å². The third-order valence-electron chi connectivity index (χ3n) is 3.13. The molecular weight excluding hydrogens is 249 g/mol. The first kappa shape index (κ1) is 13.3. The zero-order valence-electron chi connectivity index (χ0n) is 10.6. The van der Waals surface area contributed by atoms with E-state index in [0.717, 1.165) is 6.07 Å². The van der Waals surface area contributed by atoms with Gasteiger partial charge in [-0.3, -0.25) is 9.59 Å². The number of nitrogens with zero attached hydrogens (tertiary/aromatic N) is 1. The second-order valence-electron chi connectivity index (χ2n) is 4.67. The topological polar surface area (TPSA) is 75.4 Å². The van der Waals surface area contributed by atoms with E-state index in [-0.39, 0.29) is 29.1 Å². The SMILES string of the molecule is CC(=O)NC1CCN(C(=O)c2cc(F)ccc2N)C1. The summed E-state index contributed by atoms with van der Waals surface area (Å²) in [5.74, 6) is -0.912. The monoisotopic (exact) mass is 265 g/mol. The van der Waals surface area contributed by atoms with Gasteiger partial charge in [0, 0.05) is 31.7 Å². The van der Waals surface area contributed by atoms with E-state index < -0.39 is 5.82 Å². The van der Waals surface area contributed by atoms with Crippen molar-refractivity contribution in [1.29, 1.82) is 0 Å².